The van der Waals surface area contributed by atoms with Gasteiger partial charge in [-0.25, -0.2) is 9.98 Å². The van der Waals surface area contributed by atoms with E-state index < -0.39 is 6.36 Å². The van der Waals surface area contributed by atoms with Gasteiger partial charge in [-0.15, -0.1) is 13.2 Å². The molecular formula is C23H25F3N6OS. The Balaban J connectivity index is 1.48. The molecule has 1 aliphatic rings. The Morgan fingerprint density at radius 3 is 2.35 bits per heavy atom. The normalized spacial score (nSPS) is 15.6. The Morgan fingerprint density at radius 1 is 1.03 bits per heavy atom. The summed E-state index contributed by atoms with van der Waals surface area (Å²) in [6, 6.07) is 12.7. The quantitative estimate of drug-likeness (QED) is 0.225. The Morgan fingerprint density at radius 2 is 1.71 bits per heavy atom. The van der Waals surface area contributed by atoms with Gasteiger partial charge >= 0.3 is 6.36 Å². The van der Waals surface area contributed by atoms with Crippen LogP contribution in [-0.2, 0) is 0 Å². The molecule has 1 aliphatic carbocycles. The largest absolute Gasteiger partial charge is 0.573 e. The second-order valence-electron chi connectivity index (χ2n) is 7.60. The monoisotopic (exact) mass is 490 g/mol. The summed E-state index contributed by atoms with van der Waals surface area (Å²) in [5.74, 6) is -0.0872. The van der Waals surface area contributed by atoms with E-state index in [4.69, 9.17) is 18.0 Å². The lowest BCUT2D eigenvalue weighted by Crippen LogP contribution is -2.40. The second-order valence-corrected chi connectivity index (χ2v) is 8.01. The maximum Gasteiger partial charge on any atom is 0.573 e. The average molecular weight is 491 g/mol. The molecule has 4 N–H and O–H groups in total. The van der Waals surface area contributed by atoms with Gasteiger partial charge in [-0.3, -0.25) is 5.43 Å². The molecule has 0 amide bonds. The summed E-state index contributed by atoms with van der Waals surface area (Å²) in [5.41, 5.74) is 10.7. The van der Waals surface area contributed by atoms with Gasteiger partial charge in [-0.1, -0.05) is 43.5 Å². The van der Waals surface area contributed by atoms with E-state index in [1.807, 2.05) is 12.1 Å². The Hall–Kier alpha value is -3.47. The number of nitrogens with zero attached hydrogens (tertiary/aromatic N) is 3. The van der Waals surface area contributed by atoms with Crippen LogP contribution in [0.15, 0.2) is 63.6 Å². The van der Waals surface area contributed by atoms with Crippen LogP contribution in [0.5, 0.6) is 5.75 Å². The van der Waals surface area contributed by atoms with Crippen molar-refractivity contribution in [2.75, 3.05) is 0 Å². The zero-order chi connectivity index (χ0) is 24.4. The number of alkyl halides is 3. The van der Waals surface area contributed by atoms with Crippen LogP contribution in [0.25, 0.3) is 0 Å². The first-order valence-electron chi connectivity index (χ1n) is 10.7. The molecule has 0 aromatic heterocycles. The number of hydrazone groups is 1. The van der Waals surface area contributed by atoms with Crippen LogP contribution in [0.2, 0.25) is 0 Å². The van der Waals surface area contributed by atoms with Gasteiger partial charge in [0.05, 0.1) is 11.9 Å². The lowest BCUT2D eigenvalue weighted by atomic mass is 9.96. The fraction of sp³-hybridized carbons (Fsp3) is 0.304. The van der Waals surface area contributed by atoms with Crippen LogP contribution < -0.4 is 21.2 Å². The van der Waals surface area contributed by atoms with Gasteiger partial charge in [0, 0.05) is 11.6 Å². The van der Waals surface area contributed by atoms with Crippen molar-refractivity contribution < 1.29 is 17.9 Å². The number of hydrogen-bond acceptors (Lipinski definition) is 4. The minimum absolute atomic E-state index is 0.236. The van der Waals surface area contributed by atoms with Crippen molar-refractivity contribution in [3.63, 3.8) is 0 Å². The van der Waals surface area contributed by atoms with Crippen molar-refractivity contribution in [3.8, 4) is 5.75 Å². The van der Waals surface area contributed by atoms with Gasteiger partial charge in [0.15, 0.2) is 5.11 Å². The number of aliphatic imine (C=N–C) groups is 2. The smallest absolute Gasteiger partial charge is 0.406 e. The van der Waals surface area contributed by atoms with Crippen molar-refractivity contribution in [1.29, 1.82) is 0 Å². The minimum atomic E-state index is -4.74. The molecule has 180 valence electrons. The van der Waals surface area contributed by atoms with Crippen molar-refractivity contribution in [2.24, 2.45) is 20.8 Å². The number of hydrogen-bond donors (Lipinski definition) is 3. The zero-order valence-electron chi connectivity index (χ0n) is 18.3. The molecule has 3 rings (SSSR count). The highest BCUT2D eigenvalue weighted by molar-refractivity contribution is 7.80. The highest BCUT2D eigenvalue weighted by atomic mass is 32.1. The SMILES string of the molecule is NC(=NC=Nc1ccc(OC(F)(F)F)cc1)c1ccc(/C=N\NC(=S)NC2CCCCC2)cc1. The standard InChI is InChI=1S/C23H25F3N6OS/c24-23(25,26)33-20-12-10-18(11-13-20)28-15-29-21(27)17-8-6-16(7-9-17)14-30-32-22(34)31-19-4-2-1-3-5-19/h6-15,19H,1-5H2,(H2,27,28,29)(H2,31,32,34)/b30-14-. The molecule has 7 nitrogen and oxygen atoms in total. The molecule has 0 heterocycles. The summed E-state index contributed by atoms with van der Waals surface area (Å²) in [5, 5.41) is 7.95. The van der Waals surface area contributed by atoms with E-state index in [0.29, 0.717) is 22.4 Å². The van der Waals surface area contributed by atoms with E-state index in [2.05, 4.69) is 30.6 Å². The predicted octanol–water partition coefficient (Wildman–Crippen LogP) is 4.78. The molecule has 1 fully saturated rings. The molecule has 0 atom stereocenters. The van der Waals surface area contributed by atoms with E-state index in [1.165, 1.54) is 49.9 Å². The number of halogens is 3. The first-order chi connectivity index (χ1) is 16.3. The molecule has 11 heteroatoms. The topological polar surface area (TPSA) is 96.4 Å². The van der Waals surface area contributed by atoms with Gasteiger partial charge < -0.3 is 15.8 Å². The number of amidine groups is 1. The molecule has 0 aliphatic heterocycles. The summed E-state index contributed by atoms with van der Waals surface area (Å²) in [6.07, 6.45) is 4.14. The third-order valence-electron chi connectivity index (χ3n) is 5.00. The summed E-state index contributed by atoms with van der Waals surface area (Å²) >= 11 is 5.28. The van der Waals surface area contributed by atoms with Crippen LogP contribution in [0, 0.1) is 0 Å². The van der Waals surface area contributed by atoms with Gasteiger partial charge in [0.1, 0.15) is 17.9 Å². The van der Waals surface area contributed by atoms with Gasteiger partial charge in [0.25, 0.3) is 0 Å². The van der Waals surface area contributed by atoms with E-state index in [0.717, 1.165) is 18.4 Å². The lowest BCUT2D eigenvalue weighted by molar-refractivity contribution is -0.274. The third-order valence-corrected chi connectivity index (χ3v) is 5.21. The molecule has 0 saturated heterocycles. The van der Waals surface area contributed by atoms with Crippen molar-refractivity contribution in [1.82, 2.24) is 10.7 Å². The molecule has 2 aromatic rings. The number of nitrogens with two attached hydrogens (primary N) is 1. The fourth-order valence-electron chi connectivity index (χ4n) is 3.34. The highest BCUT2D eigenvalue weighted by Gasteiger charge is 2.30. The van der Waals surface area contributed by atoms with Gasteiger partial charge in [-0.05, 0) is 54.9 Å². The summed E-state index contributed by atoms with van der Waals surface area (Å²) in [7, 11) is 0. The third kappa shape index (κ3) is 8.81. The fourth-order valence-corrected chi connectivity index (χ4v) is 3.56. The maximum atomic E-state index is 12.2. The number of thiocarbonyl (C=S) groups is 1. The Kier molecular flexibility index (Phi) is 8.97. The van der Waals surface area contributed by atoms with Crippen LogP contribution in [0.4, 0.5) is 18.9 Å². The Bertz CT molecular complexity index is 1030. The van der Waals surface area contributed by atoms with Crippen molar-refractivity contribution in [2.45, 2.75) is 44.5 Å². The van der Waals surface area contributed by atoms with Crippen LogP contribution in [-0.4, -0.2) is 35.9 Å². The van der Waals surface area contributed by atoms with Gasteiger partial charge in [0.2, 0.25) is 0 Å². The first-order valence-corrected chi connectivity index (χ1v) is 11.1. The summed E-state index contributed by atoms with van der Waals surface area (Å²) in [4.78, 5) is 8.11. The van der Waals surface area contributed by atoms with Crippen LogP contribution in [0.1, 0.15) is 43.2 Å². The average Bonchev–Trinajstić information content (AvgIpc) is 2.80. The number of nitrogens with one attached hydrogen (secondary N) is 2. The van der Waals surface area contributed by atoms with E-state index in [-0.39, 0.29) is 11.6 Å². The number of ether oxygens (including phenoxy) is 1. The number of benzene rings is 2. The van der Waals surface area contributed by atoms with Crippen molar-refractivity contribution >= 4 is 41.4 Å². The molecule has 1 saturated carbocycles. The van der Waals surface area contributed by atoms with Crippen LogP contribution >= 0.6 is 12.2 Å². The molecule has 0 bridgehead atoms. The zero-order valence-corrected chi connectivity index (χ0v) is 19.1. The first kappa shape index (κ1) is 25.2. The number of rotatable bonds is 7. The summed E-state index contributed by atoms with van der Waals surface area (Å²) < 4.78 is 40.4. The van der Waals surface area contributed by atoms with Gasteiger partial charge in [-0.2, -0.15) is 5.10 Å². The molecule has 34 heavy (non-hydrogen) atoms. The molecule has 0 unspecified atom stereocenters. The second kappa shape index (κ2) is 12.1. The maximum absolute atomic E-state index is 12.2. The van der Waals surface area contributed by atoms with E-state index in [1.54, 1.807) is 18.3 Å². The Labute approximate surface area is 201 Å². The predicted molar refractivity (Wildman–Crippen MR) is 132 cm³/mol. The van der Waals surface area contributed by atoms with Crippen LogP contribution in [0.3, 0.4) is 0 Å². The van der Waals surface area contributed by atoms with E-state index in [9.17, 15) is 13.2 Å². The molecule has 0 spiro atoms. The van der Waals surface area contributed by atoms with E-state index >= 15 is 0 Å². The van der Waals surface area contributed by atoms with Crippen molar-refractivity contribution in [3.05, 3.63) is 59.7 Å². The highest BCUT2D eigenvalue weighted by Crippen LogP contribution is 2.24. The summed E-state index contributed by atoms with van der Waals surface area (Å²) in [6.45, 7) is 0. The molecule has 2 aromatic carbocycles. The molecular weight excluding hydrogens is 465 g/mol. The lowest BCUT2D eigenvalue weighted by Gasteiger charge is -2.23. The molecule has 0 radical (unpaired) electrons. The minimum Gasteiger partial charge on any atom is -0.406 e.